The van der Waals surface area contributed by atoms with E-state index in [9.17, 15) is 4.79 Å². The first-order valence-corrected chi connectivity index (χ1v) is 11.6. The highest BCUT2D eigenvalue weighted by Gasteiger charge is 2.12. The van der Waals surface area contributed by atoms with Gasteiger partial charge in [-0.3, -0.25) is 0 Å². The minimum Gasteiger partial charge on any atom is -0.465 e. The number of halogens is 2. The Hall–Kier alpha value is -1.97. The first-order chi connectivity index (χ1) is 12.5. The third kappa shape index (κ3) is 5.03. The summed E-state index contributed by atoms with van der Waals surface area (Å²) in [5.74, 6) is 5.81. The van der Waals surface area contributed by atoms with E-state index in [1.165, 1.54) is 19.4 Å². The molecule has 1 unspecified atom stereocenters. The monoisotopic (exact) mass is 504 g/mol. The van der Waals surface area contributed by atoms with Gasteiger partial charge in [-0.25, -0.2) is 9.78 Å². The molecular weight excluding hydrogens is 490 g/mol. The third-order valence-corrected chi connectivity index (χ3v) is 4.58. The van der Waals surface area contributed by atoms with Crippen LogP contribution >= 0.6 is 40.0 Å². The van der Waals surface area contributed by atoms with Gasteiger partial charge in [0.25, 0.3) is 0 Å². The number of aromatic nitrogens is 1. The number of methoxy groups -OCH3 is 1. The molecule has 0 radical (unpaired) electrons. The van der Waals surface area contributed by atoms with Gasteiger partial charge in [0.1, 0.15) is 5.82 Å². The van der Waals surface area contributed by atoms with E-state index in [0.29, 0.717) is 39.9 Å². The smallest absolute Gasteiger partial charge is 0.339 e. The molecule has 0 amide bonds. The summed E-state index contributed by atoms with van der Waals surface area (Å²) in [5, 5.41) is 17.9. The third-order valence-electron chi connectivity index (χ3n) is 3.22. The molecule has 0 bridgehead atoms. The molecule has 0 aliphatic carbocycles. The molecule has 0 spiro atoms. The SMILES string of the molecule is COC(=O)c1cnc(Nc2cc(Cl)cc(/C(=N/N)NPI)c2)c(C=N)c1. The number of ether oxygens (including phenoxy) is 1. The van der Waals surface area contributed by atoms with Gasteiger partial charge in [-0.1, -0.05) is 11.6 Å². The summed E-state index contributed by atoms with van der Waals surface area (Å²) < 4.78 is 4.66. The van der Waals surface area contributed by atoms with Gasteiger partial charge < -0.3 is 26.4 Å². The predicted octanol–water partition coefficient (Wildman–Crippen LogP) is 3.42. The zero-order valence-electron chi connectivity index (χ0n) is 13.5. The number of nitrogens with two attached hydrogens (primary N) is 1. The first kappa shape index (κ1) is 20.3. The fourth-order valence-corrected chi connectivity index (χ4v) is 3.38. The summed E-state index contributed by atoms with van der Waals surface area (Å²) in [6, 6.07) is 6.75. The van der Waals surface area contributed by atoms with Gasteiger partial charge in [-0.05, 0) is 46.3 Å². The van der Waals surface area contributed by atoms with E-state index in [1.807, 2.05) is 0 Å². The molecule has 0 saturated heterocycles. The number of hydrogen-bond donors (Lipinski definition) is 4. The van der Waals surface area contributed by atoms with E-state index in [4.69, 9.17) is 22.9 Å². The number of benzene rings is 1. The van der Waals surface area contributed by atoms with Gasteiger partial charge in [0.05, 0.1) is 12.7 Å². The molecule has 5 N–H and O–H groups in total. The summed E-state index contributed by atoms with van der Waals surface area (Å²) in [4.78, 5) is 15.8. The van der Waals surface area contributed by atoms with E-state index in [-0.39, 0.29) is 5.56 Å². The lowest BCUT2D eigenvalue weighted by Crippen LogP contribution is -2.17. The Kier molecular flexibility index (Phi) is 7.55. The van der Waals surface area contributed by atoms with Crippen LogP contribution in [0.1, 0.15) is 21.5 Å². The second kappa shape index (κ2) is 9.65. The number of hydrazone groups is 1. The van der Waals surface area contributed by atoms with Gasteiger partial charge in [-0.15, -0.1) is 0 Å². The first-order valence-electron chi connectivity index (χ1n) is 7.08. The zero-order chi connectivity index (χ0) is 19.1. The van der Waals surface area contributed by atoms with E-state index >= 15 is 0 Å². The number of amidine groups is 1. The molecule has 1 atom stereocenters. The highest BCUT2D eigenvalue weighted by atomic mass is 127. The number of nitrogens with zero attached hydrogens (tertiary/aromatic N) is 2. The van der Waals surface area contributed by atoms with Crippen molar-refractivity contribution in [1.29, 1.82) is 5.41 Å². The van der Waals surface area contributed by atoms with Crippen molar-refractivity contribution in [2.24, 2.45) is 10.9 Å². The summed E-state index contributed by atoms with van der Waals surface area (Å²) in [7, 11) is 1.28. The van der Waals surface area contributed by atoms with Crippen LogP contribution in [0.3, 0.4) is 0 Å². The number of anilines is 2. The Labute approximate surface area is 169 Å². The number of carbonyl (C=O) groups is 1. The quantitative estimate of drug-likeness (QED) is 0.0909. The molecule has 11 heteroatoms. The topological polar surface area (TPSA) is 125 Å². The molecule has 1 heterocycles. The Morgan fingerprint density at radius 2 is 2.19 bits per heavy atom. The van der Waals surface area contributed by atoms with E-state index in [2.05, 4.69) is 47.3 Å². The van der Waals surface area contributed by atoms with E-state index < -0.39 is 5.97 Å². The van der Waals surface area contributed by atoms with Crippen LogP contribution in [0.4, 0.5) is 11.5 Å². The van der Waals surface area contributed by atoms with Crippen LogP contribution in [-0.2, 0) is 4.74 Å². The molecule has 0 saturated carbocycles. The molecule has 8 nitrogen and oxygen atoms in total. The molecule has 0 aliphatic rings. The number of carbonyl (C=O) groups excluding carboxylic acids is 1. The molecule has 26 heavy (non-hydrogen) atoms. The maximum absolute atomic E-state index is 11.6. The molecule has 1 aromatic carbocycles. The second-order valence-corrected chi connectivity index (χ2v) is 7.34. The van der Waals surface area contributed by atoms with Gasteiger partial charge in [-0.2, -0.15) is 5.10 Å². The minimum absolute atomic E-state index is 0.258. The van der Waals surface area contributed by atoms with Crippen LogP contribution in [0, 0.1) is 5.41 Å². The highest BCUT2D eigenvalue weighted by molar-refractivity contribution is 14.2. The summed E-state index contributed by atoms with van der Waals surface area (Å²) in [6.45, 7) is 0. The lowest BCUT2D eigenvalue weighted by molar-refractivity contribution is 0.0600. The molecule has 2 aromatic rings. The van der Waals surface area contributed by atoms with Gasteiger partial charge >= 0.3 is 5.97 Å². The van der Waals surface area contributed by atoms with Gasteiger partial charge in [0.15, 0.2) is 5.84 Å². The van der Waals surface area contributed by atoms with Crippen LogP contribution in [0.5, 0.6) is 0 Å². The van der Waals surface area contributed by atoms with Crippen molar-refractivity contribution >= 4 is 69.5 Å². The highest BCUT2D eigenvalue weighted by Crippen LogP contribution is 2.25. The predicted molar refractivity (Wildman–Crippen MR) is 114 cm³/mol. The van der Waals surface area contributed by atoms with Crippen LogP contribution in [-0.4, -0.2) is 30.1 Å². The average Bonchev–Trinajstić information content (AvgIpc) is 2.65. The molecule has 136 valence electrons. The van der Waals surface area contributed by atoms with Crippen molar-refractivity contribution in [2.75, 3.05) is 12.4 Å². The van der Waals surface area contributed by atoms with Crippen molar-refractivity contribution in [3.63, 3.8) is 0 Å². The van der Waals surface area contributed by atoms with E-state index in [1.54, 1.807) is 18.2 Å². The number of hydrogen-bond acceptors (Lipinski definition) is 7. The lowest BCUT2D eigenvalue weighted by Gasteiger charge is -2.12. The van der Waals surface area contributed by atoms with Gasteiger partial charge in [0.2, 0.25) is 0 Å². The van der Waals surface area contributed by atoms with Crippen LogP contribution in [0.25, 0.3) is 0 Å². The number of rotatable bonds is 6. The summed E-state index contributed by atoms with van der Waals surface area (Å²) >= 11 is 8.36. The van der Waals surface area contributed by atoms with Crippen molar-refractivity contribution in [2.45, 2.75) is 0 Å². The second-order valence-electron chi connectivity index (χ2n) is 4.85. The maximum Gasteiger partial charge on any atom is 0.339 e. The molecule has 1 aromatic heterocycles. The Morgan fingerprint density at radius 1 is 1.42 bits per heavy atom. The zero-order valence-corrected chi connectivity index (χ0v) is 17.4. The largest absolute Gasteiger partial charge is 0.465 e. The average molecular weight is 505 g/mol. The fourth-order valence-electron chi connectivity index (χ4n) is 2.08. The van der Waals surface area contributed by atoms with Crippen molar-refractivity contribution in [3.8, 4) is 0 Å². The molecule has 0 fully saturated rings. The van der Waals surface area contributed by atoms with Crippen molar-refractivity contribution in [3.05, 3.63) is 52.2 Å². The van der Waals surface area contributed by atoms with E-state index in [0.717, 1.165) is 6.21 Å². The summed E-state index contributed by atoms with van der Waals surface area (Å²) in [6.07, 6.45) is 2.86. The Morgan fingerprint density at radius 3 is 2.81 bits per heavy atom. The Bertz CT molecular complexity index is 864. The molecular formula is C15H15ClIN6O2P. The normalized spacial score (nSPS) is 11.4. The molecule has 2 rings (SSSR count). The standard InChI is InChI=1S/C15H15ClIN6O2P/c1-25-15(24)10-2-9(6-18)13(20-7-10)21-12-4-8(3-11(16)5-12)14(22-19)23-26-17/h2-7,18,26H,19H2,1H3,(H,20,21)(H,22,23). The number of esters is 1. The van der Waals surface area contributed by atoms with Crippen molar-refractivity contribution < 1.29 is 9.53 Å². The number of pyridine rings is 1. The Balaban J connectivity index is 2.38. The lowest BCUT2D eigenvalue weighted by atomic mass is 10.1. The van der Waals surface area contributed by atoms with Crippen LogP contribution in [0.15, 0.2) is 35.6 Å². The van der Waals surface area contributed by atoms with Crippen molar-refractivity contribution in [1.82, 2.24) is 10.1 Å². The van der Waals surface area contributed by atoms with Crippen LogP contribution in [0.2, 0.25) is 5.02 Å². The molecule has 0 aliphatic heterocycles. The number of nitrogens with one attached hydrogen (secondary N) is 3. The maximum atomic E-state index is 11.6. The minimum atomic E-state index is -0.522. The van der Waals surface area contributed by atoms with Gasteiger partial charge in [0, 0.05) is 40.6 Å². The summed E-state index contributed by atoms with van der Waals surface area (Å²) in [5.41, 5.74) is 2.02. The fraction of sp³-hybridized carbons (Fsp3) is 0.0667. The van der Waals surface area contributed by atoms with Crippen LogP contribution < -0.4 is 16.2 Å².